The zero-order chi connectivity index (χ0) is 19.3. The zero-order valence-electron chi connectivity index (χ0n) is 14.0. The summed E-state index contributed by atoms with van der Waals surface area (Å²) < 4.78 is 51.9. The summed E-state index contributed by atoms with van der Waals surface area (Å²) >= 11 is 0. The number of hydrogen-bond acceptors (Lipinski definition) is 5. The number of alkyl halides is 3. The predicted molar refractivity (Wildman–Crippen MR) is 93.1 cm³/mol. The Labute approximate surface area is 152 Å². The summed E-state index contributed by atoms with van der Waals surface area (Å²) in [6.45, 7) is 0.405. The quantitative estimate of drug-likeness (QED) is 0.623. The number of nitrogens with zero attached hydrogens (tertiary/aromatic N) is 3. The van der Waals surface area contributed by atoms with Crippen molar-refractivity contribution in [3.8, 4) is 0 Å². The summed E-state index contributed by atoms with van der Waals surface area (Å²) in [6, 6.07) is 11.1. The van der Waals surface area contributed by atoms with Crippen molar-refractivity contribution in [1.29, 1.82) is 0 Å². The van der Waals surface area contributed by atoms with Crippen LogP contribution in [0.5, 0.6) is 0 Å². The SMILES string of the molecule is Fc1ccccc1CCNc1cnnc(Nc2cccc(C(F)(F)F)c2)n1. The Bertz CT molecular complexity index is 914. The number of halogens is 4. The number of hydrogen-bond donors (Lipinski definition) is 2. The van der Waals surface area contributed by atoms with E-state index < -0.39 is 11.7 Å². The summed E-state index contributed by atoms with van der Waals surface area (Å²) in [5.41, 5.74) is -0.0240. The summed E-state index contributed by atoms with van der Waals surface area (Å²) in [5, 5.41) is 13.2. The highest BCUT2D eigenvalue weighted by molar-refractivity contribution is 5.55. The first-order valence-electron chi connectivity index (χ1n) is 8.03. The normalized spacial score (nSPS) is 11.3. The lowest BCUT2D eigenvalue weighted by atomic mass is 10.1. The first-order chi connectivity index (χ1) is 12.9. The molecule has 140 valence electrons. The van der Waals surface area contributed by atoms with Gasteiger partial charge < -0.3 is 10.6 Å². The Hall–Kier alpha value is -3.23. The van der Waals surface area contributed by atoms with Gasteiger partial charge in [-0.25, -0.2) is 4.39 Å². The highest BCUT2D eigenvalue weighted by Gasteiger charge is 2.30. The van der Waals surface area contributed by atoms with Crippen molar-refractivity contribution < 1.29 is 17.6 Å². The van der Waals surface area contributed by atoms with E-state index in [0.717, 1.165) is 12.1 Å². The molecule has 0 fully saturated rings. The Morgan fingerprint density at radius 2 is 1.81 bits per heavy atom. The van der Waals surface area contributed by atoms with Gasteiger partial charge in [0.05, 0.1) is 11.8 Å². The third-order valence-electron chi connectivity index (χ3n) is 3.66. The van der Waals surface area contributed by atoms with Crippen LogP contribution in [0.25, 0.3) is 0 Å². The fourth-order valence-corrected chi connectivity index (χ4v) is 2.37. The number of nitrogens with one attached hydrogen (secondary N) is 2. The van der Waals surface area contributed by atoms with E-state index in [-0.39, 0.29) is 17.5 Å². The monoisotopic (exact) mass is 377 g/mol. The lowest BCUT2D eigenvalue weighted by Gasteiger charge is -2.10. The fourth-order valence-electron chi connectivity index (χ4n) is 2.37. The van der Waals surface area contributed by atoms with Crippen LogP contribution >= 0.6 is 0 Å². The highest BCUT2D eigenvalue weighted by Crippen LogP contribution is 2.31. The first kappa shape index (κ1) is 18.6. The van der Waals surface area contributed by atoms with Crippen molar-refractivity contribution in [3.63, 3.8) is 0 Å². The van der Waals surface area contributed by atoms with E-state index in [1.807, 2.05) is 0 Å². The molecule has 0 atom stereocenters. The van der Waals surface area contributed by atoms with Crippen LogP contribution in [-0.2, 0) is 12.6 Å². The van der Waals surface area contributed by atoms with Gasteiger partial charge in [0.2, 0.25) is 5.95 Å². The van der Waals surface area contributed by atoms with Gasteiger partial charge >= 0.3 is 6.18 Å². The van der Waals surface area contributed by atoms with Gasteiger partial charge in [0.15, 0.2) is 5.82 Å². The molecule has 27 heavy (non-hydrogen) atoms. The van der Waals surface area contributed by atoms with E-state index in [4.69, 9.17) is 0 Å². The van der Waals surface area contributed by atoms with Crippen LogP contribution in [0.4, 0.5) is 35.0 Å². The van der Waals surface area contributed by atoms with Gasteiger partial charge in [0.25, 0.3) is 0 Å². The van der Waals surface area contributed by atoms with E-state index in [2.05, 4.69) is 25.8 Å². The van der Waals surface area contributed by atoms with Crippen molar-refractivity contribution >= 4 is 17.5 Å². The van der Waals surface area contributed by atoms with Crippen molar-refractivity contribution in [2.45, 2.75) is 12.6 Å². The standard InChI is InChI=1S/C18H15F4N5/c19-15-7-2-1-4-12(15)8-9-23-16-11-24-27-17(26-16)25-14-6-3-5-13(10-14)18(20,21)22/h1-7,10-11H,8-9H2,(H2,23,25,26,27). The van der Waals surface area contributed by atoms with Crippen LogP contribution in [0.2, 0.25) is 0 Å². The molecule has 2 N–H and O–H groups in total. The van der Waals surface area contributed by atoms with Gasteiger partial charge in [-0.3, -0.25) is 0 Å². The topological polar surface area (TPSA) is 62.7 Å². The maximum Gasteiger partial charge on any atom is 0.416 e. The zero-order valence-corrected chi connectivity index (χ0v) is 14.0. The molecule has 1 aromatic heterocycles. The molecule has 3 rings (SSSR count). The molecule has 0 aliphatic rings. The summed E-state index contributed by atoms with van der Waals surface area (Å²) in [4.78, 5) is 4.14. The fraction of sp³-hybridized carbons (Fsp3) is 0.167. The van der Waals surface area contributed by atoms with E-state index in [1.165, 1.54) is 24.4 Å². The lowest BCUT2D eigenvalue weighted by molar-refractivity contribution is -0.137. The number of rotatable bonds is 6. The first-order valence-corrected chi connectivity index (χ1v) is 8.03. The molecule has 0 aliphatic heterocycles. The smallest absolute Gasteiger partial charge is 0.368 e. The molecule has 0 aliphatic carbocycles. The molecule has 0 unspecified atom stereocenters. The second-order valence-electron chi connectivity index (χ2n) is 5.64. The maximum atomic E-state index is 13.6. The Morgan fingerprint density at radius 1 is 1.00 bits per heavy atom. The number of anilines is 3. The molecule has 9 heteroatoms. The van der Waals surface area contributed by atoms with E-state index in [9.17, 15) is 17.6 Å². The van der Waals surface area contributed by atoms with Gasteiger partial charge in [-0.05, 0) is 36.2 Å². The lowest BCUT2D eigenvalue weighted by Crippen LogP contribution is -2.10. The van der Waals surface area contributed by atoms with Gasteiger partial charge in [-0.2, -0.15) is 23.3 Å². The third-order valence-corrected chi connectivity index (χ3v) is 3.66. The average Bonchev–Trinajstić information content (AvgIpc) is 2.63. The minimum absolute atomic E-state index is 0.0465. The van der Waals surface area contributed by atoms with Gasteiger partial charge in [-0.1, -0.05) is 24.3 Å². The van der Waals surface area contributed by atoms with Crippen LogP contribution in [0, 0.1) is 5.82 Å². The molecular formula is C18H15F4N5. The van der Waals surface area contributed by atoms with E-state index in [1.54, 1.807) is 18.2 Å². The molecule has 0 spiro atoms. The van der Waals surface area contributed by atoms with E-state index in [0.29, 0.717) is 24.3 Å². The maximum absolute atomic E-state index is 13.6. The Balaban J connectivity index is 1.63. The largest absolute Gasteiger partial charge is 0.416 e. The van der Waals surface area contributed by atoms with Gasteiger partial charge in [-0.15, -0.1) is 5.10 Å². The van der Waals surface area contributed by atoms with Gasteiger partial charge in [0.1, 0.15) is 5.82 Å². The number of benzene rings is 2. The molecule has 0 radical (unpaired) electrons. The van der Waals surface area contributed by atoms with Crippen LogP contribution in [0.1, 0.15) is 11.1 Å². The van der Waals surface area contributed by atoms with Crippen LogP contribution < -0.4 is 10.6 Å². The highest BCUT2D eigenvalue weighted by atomic mass is 19.4. The summed E-state index contributed by atoms with van der Waals surface area (Å²) in [5.74, 6) is 0.132. The molecule has 2 aromatic carbocycles. The van der Waals surface area contributed by atoms with Crippen molar-refractivity contribution in [2.75, 3.05) is 17.2 Å². The molecule has 0 saturated heterocycles. The molecule has 3 aromatic rings. The molecule has 0 bridgehead atoms. The van der Waals surface area contributed by atoms with E-state index >= 15 is 0 Å². The second-order valence-corrected chi connectivity index (χ2v) is 5.64. The predicted octanol–water partition coefficient (Wildman–Crippen LogP) is 4.43. The molecular weight excluding hydrogens is 362 g/mol. The molecule has 0 saturated carbocycles. The minimum atomic E-state index is -4.44. The molecule has 5 nitrogen and oxygen atoms in total. The van der Waals surface area contributed by atoms with Crippen molar-refractivity contribution in [1.82, 2.24) is 15.2 Å². The second kappa shape index (κ2) is 7.98. The Morgan fingerprint density at radius 3 is 2.59 bits per heavy atom. The number of aromatic nitrogens is 3. The minimum Gasteiger partial charge on any atom is -0.368 e. The van der Waals surface area contributed by atoms with Gasteiger partial charge in [0, 0.05) is 12.2 Å². The van der Waals surface area contributed by atoms with Crippen molar-refractivity contribution in [3.05, 3.63) is 71.7 Å². The third kappa shape index (κ3) is 5.13. The Kier molecular flexibility index (Phi) is 5.49. The molecule has 1 heterocycles. The average molecular weight is 377 g/mol. The van der Waals surface area contributed by atoms with Crippen LogP contribution in [-0.4, -0.2) is 21.7 Å². The summed E-state index contributed by atoms with van der Waals surface area (Å²) in [6.07, 6.45) is -2.63. The van der Waals surface area contributed by atoms with Crippen LogP contribution in [0.3, 0.4) is 0 Å². The van der Waals surface area contributed by atoms with Crippen molar-refractivity contribution in [2.24, 2.45) is 0 Å². The molecule has 0 amide bonds. The van der Waals surface area contributed by atoms with Crippen LogP contribution in [0.15, 0.2) is 54.7 Å². The summed E-state index contributed by atoms with van der Waals surface area (Å²) in [7, 11) is 0.